The number of phenolic OH excluding ortho intramolecular Hbond substituents is 1. The number of hydrogen-bond donors (Lipinski definition) is 4. The normalized spacial score (nSPS) is 10.4. The molecule has 0 saturated heterocycles. The van der Waals surface area contributed by atoms with Crippen LogP contribution in [0, 0.1) is 0 Å². The molecule has 0 aliphatic heterocycles. The molecule has 5 N–H and O–H groups in total. The molecule has 0 spiro atoms. The van der Waals surface area contributed by atoms with E-state index in [-0.39, 0.29) is 23.8 Å². The first-order chi connectivity index (χ1) is 14.4. The molecule has 2 amide bonds. The van der Waals surface area contributed by atoms with E-state index < -0.39 is 5.91 Å². The molecule has 0 aliphatic carbocycles. The molecular weight excluding hydrogens is 380 g/mol. The van der Waals surface area contributed by atoms with Crippen LogP contribution >= 0.6 is 0 Å². The molecule has 3 rings (SSSR count). The minimum atomic E-state index is -0.468. The van der Waals surface area contributed by atoms with Crippen LogP contribution in [-0.4, -0.2) is 31.0 Å². The number of carbonyl (C=O) groups excluding carboxylic acids is 2. The third-order valence-electron chi connectivity index (χ3n) is 4.61. The third kappa shape index (κ3) is 4.76. The molecule has 0 unspecified atom stereocenters. The van der Waals surface area contributed by atoms with E-state index in [0.29, 0.717) is 22.5 Å². The number of nitrogens with two attached hydrogens (primary N) is 1. The topological polar surface area (TPSA) is 108 Å². The SMILES string of the molecule is CN(C)c1cccc(C(=O)Nc2ccc(CN)c(NC(=O)c3ccccc3O)c2)c1. The fraction of sp³-hybridized carbons (Fsp3) is 0.130. The van der Waals surface area contributed by atoms with E-state index in [0.717, 1.165) is 5.69 Å². The van der Waals surface area contributed by atoms with Crippen molar-refractivity contribution in [1.82, 2.24) is 0 Å². The van der Waals surface area contributed by atoms with Gasteiger partial charge in [0.2, 0.25) is 0 Å². The molecule has 0 bridgehead atoms. The largest absolute Gasteiger partial charge is 0.507 e. The summed E-state index contributed by atoms with van der Waals surface area (Å²) >= 11 is 0. The van der Waals surface area contributed by atoms with Crippen LogP contribution < -0.4 is 21.3 Å². The fourth-order valence-electron chi connectivity index (χ4n) is 2.93. The van der Waals surface area contributed by atoms with Gasteiger partial charge in [-0.2, -0.15) is 0 Å². The number of aromatic hydroxyl groups is 1. The summed E-state index contributed by atoms with van der Waals surface area (Å²) in [6.07, 6.45) is 0. The number of amides is 2. The van der Waals surface area contributed by atoms with Gasteiger partial charge in [-0.25, -0.2) is 0 Å². The van der Waals surface area contributed by atoms with Gasteiger partial charge in [-0.15, -0.1) is 0 Å². The second kappa shape index (κ2) is 9.11. The predicted molar refractivity (Wildman–Crippen MR) is 119 cm³/mol. The Balaban J connectivity index is 1.82. The zero-order valence-electron chi connectivity index (χ0n) is 16.8. The molecule has 3 aromatic carbocycles. The van der Waals surface area contributed by atoms with Gasteiger partial charge in [-0.1, -0.05) is 24.3 Å². The zero-order chi connectivity index (χ0) is 21.7. The third-order valence-corrected chi connectivity index (χ3v) is 4.61. The molecule has 7 heteroatoms. The van der Waals surface area contributed by atoms with Gasteiger partial charge in [0.1, 0.15) is 5.75 Å². The van der Waals surface area contributed by atoms with Crippen LogP contribution in [0.25, 0.3) is 0 Å². The van der Waals surface area contributed by atoms with Crippen molar-refractivity contribution in [3.8, 4) is 5.75 Å². The summed E-state index contributed by atoms with van der Waals surface area (Å²) < 4.78 is 0. The summed E-state index contributed by atoms with van der Waals surface area (Å²) in [6.45, 7) is 0.204. The second-order valence-electron chi connectivity index (χ2n) is 6.95. The number of phenols is 1. The maximum absolute atomic E-state index is 12.7. The van der Waals surface area contributed by atoms with Crippen LogP contribution in [0.3, 0.4) is 0 Å². The Morgan fingerprint density at radius 2 is 1.70 bits per heavy atom. The highest BCUT2D eigenvalue weighted by molar-refractivity contribution is 6.08. The maximum atomic E-state index is 12.7. The number of para-hydroxylation sites is 1. The second-order valence-corrected chi connectivity index (χ2v) is 6.95. The summed E-state index contributed by atoms with van der Waals surface area (Å²) in [5.74, 6) is -0.850. The summed E-state index contributed by atoms with van der Waals surface area (Å²) in [4.78, 5) is 27.1. The molecule has 0 aliphatic rings. The molecule has 0 radical (unpaired) electrons. The molecule has 0 aromatic heterocycles. The molecule has 7 nitrogen and oxygen atoms in total. The van der Waals surface area contributed by atoms with Crippen molar-refractivity contribution in [1.29, 1.82) is 0 Å². The maximum Gasteiger partial charge on any atom is 0.259 e. The van der Waals surface area contributed by atoms with Crippen molar-refractivity contribution in [2.24, 2.45) is 5.73 Å². The lowest BCUT2D eigenvalue weighted by atomic mass is 10.1. The first kappa shape index (κ1) is 20.9. The Hall–Kier alpha value is -3.84. The average Bonchev–Trinajstić information content (AvgIpc) is 2.74. The molecule has 0 fully saturated rings. The van der Waals surface area contributed by atoms with Crippen LogP contribution in [0.1, 0.15) is 26.3 Å². The highest BCUT2D eigenvalue weighted by Crippen LogP contribution is 2.24. The smallest absolute Gasteiger partial charge is 0.259 e. The lowest BCUT2D eigenvalue weighted by Gasteiger charge is -2.15. The first-order valence-corrected chi connectivity index (χ1v) is 9.40. The van der Waals surface area contributed by atoms with E-state index in [2.05, 4.69) is 10.6 Å². The quantitative estimate of drug-likeness (QED) is 0.504. The molecule has 3 aromatic rings. The van der Waals surface area contributed by atoms with Crippen LogP contribution in [0.5, 0.6) is 5.75 Å². The van der Waals surface area contributed by atoms with E-state index in [4.69, 9.17) is 5.73 Å². The summed E-state index contributed by atoms with van der Waals surface area (Å²) in [5.41, 5.74) is 9.05. The van der Waals surface area contributed by atoms with Crippen molar-refractivity contribution in [2.45, 2.75) is 6.54 Å². The van der Waals surface area contributed by atoms with Crippen molar-refractivity contribution in [3.05, 3.63) is 83.4 Å². The average molecular weight is 404 g/mol. The van der Waals surface area contributed by atoms with Crippen molar-refractivity contribution < 1.29 is 14.7 Å². The number of benzene rings is 3. The van der Waals surface area contributed by atoms with Crippen LogP contribution in [-0.2, 0) is 6.54 Å². The van der Waals surface area contributed by atoms with Gasteiger partial charge < -0.3 is 26.4 Å². The lowest BCUT2D eigenvalue weighted by Crippen LogP contribution is -2.16. The van der Waals surface area contributed by atoms with Gasteiger partial charge in [0.15, 0.2) is 0 Å². The number of hydrogen-bond acceptors (Lipinski definition) is 5. The Kier molecular flexibility index (Phi) is 6.34. The Labute approximate surface area is 175 Å². The minimum Gasteiger partial charge on any atom is -0.507 e. The molecule has 30 heavy (non-hydrogen) atoms. The molecular formula is C23H24N4O3. The van der Waals surface area contributed by atoms with Gasteiger partial charge in [0, 0.05) is 43.3 Å². The number of rotatable bonds is 6. The highest BCUT2D eigenvalue weighted by Gasteiger charge is 2.14. The van der Waals surface area contributed by atoms with E-state index in [1.165, 1.54) is 12.1 Å². The standard InChI is InChI=1S/C23H24N4O3/c1-27(2)18-7-5-6-15(12-18)22(29)25-17-11-10-16(14-24)20(13-17)26-23(30)19-8-3-4-9-21(19)28/h3-13,28H,14,24H2,1-2H3,(H,25,29)(H,26,30). The molecule has 0 atom stereocenters. The number of nitrogens with zero attached hydrogens (tertiary/aromatic N) is 1. The van der Waals surface area contributed by atoms with E-state index in [1.807, 2.05) is 31.1 Å². The van der Waals surface area contributed by atoms with Gasteiger partial charge in [0.25, 0.3) is 11.8 Å². The Morgan fingerprint density at radius 3 is 2.40 bits per heavy atom. The van der Waals surface area contributed by atoms with Crippen molar-refractivity contribution in [2.75, 3.05) is 29.6 Å². The van der Waals surface area contributed by atoms with E-state index in [9.17, 15) is 14.7 Å². The molecule has 0 saturated carbocycles. The highest BCUT2D eigenvalue weighted by atomic mass is 16.3. The Bertz CT molecular complexity index is 1080. The van der Waals surface area contributed by atoms with Gasteiger partial charge >= 0.3 is 0 Å². The molecule has 0 heterocycles. The summed E-state index contributed by atoms with van der Waals surface area (Å²) in [6, 6.07) is 18.6. The van der Waals surface area contributed by atoms with E-state index >= 15 is 0 Å². The minimum absolute atomic E-state index is 0.116. The Morgan fingerprint density at radius 1 is 0.933 bits per heavy atom. The van der Waals surface area contributed by atoms with Crippen LogP contribution in [0.2, 0.25) is 0 Å². The number of carbonyl (C=O) groups is 2. The monoisotopic (exact) mass is 404 g/mol. The van der Waals surface area contributed by atoms with Crippen molar-refractivity contribution in [3.63, 3.8) is 0 Å². The van der Waals surface area contributed by atoms with Gasteiger partial charge in [-0.05, 0) is 48.0 Å². The van der Waals surface area contributed by atoms with Crippen molar-refractivity contribution >= 4 is 28.9 Å². The predicted octanol–water partition coefficient (Wildman–Crippen LogP) is 3.42. The van der Waals surface area contributed by atoms with E-state index in [1.54, 1.807) is 42.5 Å². The number of anilines is 3. The van der Waals surface area contributed by atoms with Crippen LogP contribution in [0.15, 0.2) is 66.7 Å². The van der Waals surface area contributed by atoms with Crippen LogP contribution in [0.4, 0.5) is 17.1 Å². The lowest BCUT2D eigenvalue weighted by molar-refractivity contribution is 0.101. The number of nitrogens with one attached hydrogen (secondary N) is 2. The molecule has 154 valence electrons. The van der Waals surface area contributed by atoms with Gasteiger partial charge in [0.05, 0.1) is 5.56 Å². The zero-order valence-corrected chi connectivity index (χ0v) is 16.8. The summed E-state index contributed by atoms with van der Waals surface area (Å²) in [7, 11) is 3.81. The summed E-state index contributed by atoms with van der Waals surface area (Å²) in [5, 5.41) is 15.5. The fourth-order valence-corrected chi connectivity index (χ4v) is 2.93. The van der Waals surface area contributed by atoms with Gasteiger partial charge in [-0.3, -0.25) is 9.59 Å². The first-order valence-electron chi connectivity index (χ1n) is 9.40.